The Morgan fingerprint density at radius 3 is 2.32 bits per heavy atom. The van der Waals surface area contributed by atoms with Crippen LogP contribution in [-0.2, 0) is 0 Å². The van der Waals surface area contributed by atoms with Crippen molar-refractivity contribution in [3.63, 3.8) is 0 Å². The van der Waals surface area contributed by atoms with Crippen LogP contribution in [0.3, 0.4) is 0 Å². The fraction of sp³-hybridized carbons (Fsp3) is 0.286. The number of carbonyl (C=O) groups excluding carboxylic acids is 2. The molecule has 2 atom stereocenters. The van der Waals surface area contributed by atoms with Crippen molar-refractivity contribution in [3.05, 3.63) is 94.0 Å². The summed E-state index contributed by atoms with van der Waals surface area (Å²) in [5.41, 5.74) is 2.29. The predicted molar refractivity (Wildman–Crippen MR) is 141 cm³/mol. The molecule has 0 spiro atoms. The highest BCUT2D eigenvalue weighted by atomic mass is 16.6. The first-order valence-electron chi connectivity index (χ1n) is 12.6. The minimum Gasteiger partial charge on any atom is -0.467 e. The van der Waals surface area contributed by atoms with E-state index in [2.05, 4.69) is 10.2 Å². The largest absolute Gasteiger partial charge is 0.467 e. The van der Waals surface area contributed by atoms with Gasteiger partial charge in [-0.15, -0.1) is 0 Å². The lowest BCUT2D eigenvalue weighted by Gasteiger charge is -2.50. The Bertz CT molecular complexity index is 1400. The van der Waals surface area contributed by atoms with Crippen molar-refractivity contribution in [2.45, 2.75) is 25.1 Å². The SMILES string of the molecule is C[C@@]12C[C@@H](NC(=O)N1c1ccc(C(=O)N3CCN(c4ccc([N+](=O)[O-])cc4)CC3)cc1)c1ccccc1O2. The molecule has 0 radical (unpaired) electrons. The van der Waals surface area contributed by atoms with Gasteiger partial charge in [0.05, 0.1) is 11.0 Å². The summed E-state index contributed by atoms with van der Waals surface area (Å²) < 4.78 is 6.32. The number of hydrogen-bond donors (Lipinski definition) is 1. The van der Waals surface area contributed by atoms with Crippen molar-refractivity contribution in [1.82, 2.24) is 10.2 Å². The van der Waals surface area contributed by atoms with E-state index in [-0.39, 0.29) is 23.7 Å². The number of nitro groups is 1. The van der Waals surface area contributed by atoms with Gasteiger partial charge in [0.1, 0.15) is 5.75 Å². The van der Waals surface area contributed by atoms with Gasteiger partial charge >= 0.3 is 6.03 Å². The first-order valence-corrected chi connectivity index (χ1v) is 12.6. The molecule has 10 nitrogen and oxygen atoms in total. The second kappa shape index (κ2) is 9.05. The molecule has 2 fully saturated rings. The van der Waals surface area contributed by atoms with Gasteiger partial charge in [-0.2, -0.15) is 0 Å². The molecule has 3 aliphatic heterocycles. The lowest BCUT2D eigenvalue weighted by atomic mass is 9.90. The summed E-state index contributed by atoms with van der Waals surface area (Å²) in [4.78, 5) is 42.3. The number of para-hydroxylation sites is 1. The van der Waals surface area contributed by atoms with E-state index >= 15 is 0 Å². The number of benzene rings is 3. The van der Waals surface area contributed by atoms with Gasteiger partial charge < -0.3 is 19.9 Å². The smallest absolute Gasteiger partial charge is 0.325 e. The molecule has 0 unspecified atom stereocenters. The number of hydrogen-bond acceptors (Lipinski definition) is 6. The molecule has 2 saturated heterocycles. The molecule has 3 aromatic rings. The summed E-state index contributed by atoms with van der Waals surface area (Å²) in [6, 6.07) is 20.9. The van der Waals surface area contributed by atoms with Gasteiger partial charge in [-0.3, -0.25) is 19.8 Å². The molecule has 1 N–H and O–H groups in total. The second-order valence-electron chi connectivity index (χ2n) is 9.96. The number of carbonyl (C=O) groups is 2. The molecular formula is C28H27N5O5. The molecule has 0 aromatic heterocycles. The number of non-ortho nitro benzene ring substituents is 1. The average molecular weight is 514 g/mol. The van der Waals surface area contributed by atoms with Gasteiger partial charge in [-0.25, -0.2) is 4.79 Å². The molecule has 38 heavy (non-hydrogen) atoms. The molecule has 10 heteroatoms. The molecule has 3 aromatic carbocycles. The van der Waals surface area contributed by atoms with Gasteiger partial charge in [0.2, 0.25) is 0 Å². The maximum Gasteiger partial charge on any atom is 0.325 e. The van der Waals surface area contributed by atoms with Crippen molar-refractivity contribution in [2.75, 3.05) is 36.0 Å². The number of piperazine rings is 1. The Kier molecular flexibility index (Phi) is 5.67. The minimum absolute atomic E-state index is 0.0571. The number of anilines is 2. The standard InChI is InChI=1S/C28H27N5O5/c1-28-18-24(23-4-2-3-5-25(23)38-28)29-27(35)32(28)21-8-6-19(7-9-21)26(34)31-16-14-30(15-17-31)20-10-12-22(13-11-20)33(36)37/h2-13,24H,14-18H2,1H3,(H,29,35)/t24-,28-/m1/s1. The number of ether oxygens (including phenoxy) is 1. The van der Waals surface area contributed by atoms with E-state index in [4.69, 9.17) is 4.74 Å². The number of fused-ring (bicyclic) bond motifs is 4. The Morgan fingerprint density at radius 2 is 1.63 bits per heavy atom. The lowest BCUT2D eigenvalue weighted by molar-refractivity contribution is -0.384. The van der Waals surface area contributed by atoms with Crippen LogP contribution in [-0.4, -0.2) is 53.7 Å². The molecule has 6 rings (SSSR count). The third-order valence-electron chi connectivity index (χ3n) is 7.55. The van der Waals surface area contributed by atoms with Gasteiger partial charge in [0, 0.05) is 67.2 Å². The van der Waals surface area contributed by atoms with Crippen LogP contribution in [0.15, 0.2) is 72.8 Å². The molecular weight excluding hydrogens is 486 g/mol. The summed E-state index contributed by atoms with van der Waals surface area (Å²) in [5.74, 6) is 0.688. The van der Waals surface area contributed by atoms with E-state index < -0.39 is 10.6 Å². The van der Waals surface area contributed by atoms with Crippen molar-refractivity contribution in [2.24, 2.45) is 0 Å². The van der Waals surface area contributed by atoms with Gasteiger partial charge in [0.15, 0.2) is 5.72 Å². The summed E-state index contributed by atoms with van der Waals surface area (Å²) >= 11 is 0. The fourth-order valence-electron chi connectivity index (χ4n) is 5.60. The average Bonchev–Trinajstić information content (AvgIpc) is 2.93. The normalized spacial score (nSPS) is 22.3. The number of nitrogens with zero attached hydrogens (tertiary/aromatic N) is 4. The maximum absolute atomic E-state index is 13.2. The zero-order valence-electron chi connectivity index (χ0n) is 20.9. The highest BCUT2D eigenvalue weighted by molar-refractivity contribution is 5.97. The lowest BCUT2D eigenvalue weighted by Crippen LogP contribution is -2.65. The molecule has 0 aliphatic carbocycles. The zero-order chi connectivity index (χ0) is 26.4. The second-order valence-corrected chi connectivity index (χ2v) is 9.96. The van der Waals surface area contributed by atoms with E-state index in [0.717, 1.165) is 17.0 Å². The fourth-order valence-corrected chi connectivity index (χ4v) is 5.60. The maximum atomic E-state index is 13.2. The monoisotopic (exact) mass is 513 g/mol. The van der Waals surface area contributed by atoms with Crippen LogP contribution in [0.5, 0.6) is 5.75 Å². The van der Waals surface area contributed by atoms with Crippen LogP contribution in [0.4, 0.5) is 21.9 Å². The molecule has 3 aliphatic rings. The summed E-state index contributed by atoms with van der Waals surface area (Å²) in [5, 5.41) is 14.0. The van der Waals surface area contributed by atoms with Gasteiger partial charge in [0.25, 0.3) is 11.6 Å². The number of urea groups is 1. The van der Waals surface area contributed by atoms with Crippen molar-refractivity contribution < 1.29 is 19.2 Å². The van der Waals surface area contributed by atoms with Crippen molar-refractivity contribution >= 4 is 29.0 Å². The summed E-state index contributed by atoms with van der Waals surface area (Å²) in [7, 11) is 0. The van der Waals surface area contributed by atoms with Crippen LogP contribution in [0.1, 0.15) is 35.3 Å². The molecule has 3 heterocycles. The Hall–Kier alpha value is -4.60. The number of amides is 3. The van der Waals surface area contributed by atoms with Crippen LogP contribution >= 0.6 is 0 Å². The number of rotatable bonds is 4. The van der Waals surface area contributed by atoms with Crippen LogP contribution in [0, 0.1) is 10.1 Å². The predicted octanol–water partition coefficient (Wildman–Crippen LogP) is 4.33. The van der Waals surface area contributed by atoms with Crippen molar-refractivity contribution in [3.8, 4) is 5.75 Å². The van der Waals surface area contributed by atoms with E-state index in [0.29, 0.717) is 43.9 Å². The Labute approximate surface area is 219 Å². The Morgan fingerprint density at radius 1 is 0.974 bits per heavy atom. The van der Waals surface area contributed by atoms with Gasteiger partial charge in [-0.05, 0) is 49.4 Å². The highest BCUT2D eigenvalue weighted by Crippen LogP contribution is 2.45. The van der Waals surface area contributed by atoms with E-state index in [1.807, 2.05) is 31.2 Å². The molecule has 0 saturated carbocycles. The third-order valence-corrected chi connectivity index (χ3v) is 7.55. The first-order chi connectivity index (χ1) is 18.3. The first kappa shape index (κ1) is 23.8. The molecule has 194 valence electrons. The number of nitro benzene ring substituents is 1. The van der Waals surface area contributed by atoms with Crippen LogP contribution < -0.4 is 19.9 Å². The quantitative estimate of drug-likeness (QED) is 0.411. The van der Waals surface area contributed by atoms with Crippen LogP contribution in [0.25, 0.3) is 0 Å². The minimum atomic E-state index is -0.846. The third kappa shape index (κ3) is 4.07. The molecule has 3 amide bonds. The van der Waals surface area contributed by atoms with E-state index in [1.54, 1.807) is 46.2 Å². The van der Waals surface area contributed by atoms with E-state index in [1.165, 1.54) is 12.1 Å². The summed E-state index contributed by atoms with van der Waals surface area (Å²) in [6.07, 6.45) is 0.607. The zero-order valence-corrected chi connectivity index (χ0v) is 20.9. The highest BCUT2D eigenvalue weighted by Gasteiger charge is 2.49. The van der Waals surface area contributed by atoms with E-state index in [9.17, 15) is 19.7 Å². The van der Waals surface area contributed by atoms with Crippen LogP contribution in [0.2, 0.25) is 0 Å². The molecule has 2 bridgehead atoms. The van der Waals surface area contributed by atoms with Gasteiger partial charge in [-0.1, -0.05) is 18.2 Å². The van der Waals surface area contributed by atoms with Crippen molar-refractivity contribution in [1.29, 1.82) is 0 Å². The topological polar surface area (TPSA) is 108 Å². The Balaban J connectivity index is 1.13. The number of nitrogens with one attached hydrogen (secondary N) is 1. The summed E-state index contributed by atoms with van der Waals surface area (Å²) in [6.45, 7) is 4.26.